The summed E-state index contributed by atoms with van der Waals surface area (Å²) in [7, 11) is 0. The average Bonchev–Trinajstić information content (AvgIpc) is 3.34. The van der Waals surface area contributed by atoms with Gasteiger partial charge in [-0.15, -0.1) is 0 Å². The van der Waals surface area contributed by atoms with E-state index in [4.69, 9.17) is 26.7 Å². The highest BCUT2D eigenvalue weighted by Crippen LogP contribution is 2.48. The maximum atomic E-state index is 6.50. The van der Waals surface area contributed by atoms with Gasteiger partial charge in [0.15, 0.2) is 17.5 Å². The van der Waals surface area contributed by atoms with E-state index in [2.05, 4.69) is 72.6 Å². The minimum Gasteiger partial charge on any atom is -0.337 e. The number of aryl methyl sites for hydroxylation is 3. The Balaban J connectivity index is 1.48. The summed E-state index contributed by atoms with van der Waals surface area (Å²) in [5.41, 5.74) is 9.20. The number of anilines is 2. The van der Waals surface area contributed by atoms with Crippen molar-refractivity contribution >= 4 is 46.2 Å². The number of aromatic nitrogens is 2. The van der Waals surface area contributed by atoms with Crippen LogP contribution < -0.4 is 10.2 Å². The number of aliphatic imine (C=N–C) groups is 2. The smallest absolute Gasteiger partial charge is 0.179 e. The molecule has 2 aliphatic heterocycles. The number of rotatable bonds is 4. The first-order chi connectivity index (χ1) is 20.0. The number of amidine groups is 2. The summed E-state index contributed by atoms with van der Waals surface area (Å²) in [6.45, 7) is 6.25. The number of hydrogen-bond acceptors (Lipinski definition) is 5. The van der Waals surface area contributed by atoms with Crippen molar-refractivity contribution in [3.05, 3.63) is 130 Å². The maximum Gasteiger partial charge on any atom is 0.179 e. The van der Waals surface area contributed by atoms with Gasteiger partial charge < -0.3 is 10.2 Å². The first kappa shape index (κ1) is 25.3. The highest BCUT2D eigenvalue weighted by atomic mass is 35.5. The molecule has 0 fully saturated rings. The van der Waals surface area contributed by atoms with Crippen molar-refractivity contribution in [1.29, 1.82) is 0 Å². The van der Waals surface area contributed by atoms with Gasteiger partial charge in [0.25, 0.3) is 0 Å². The zero-order valence-electron chi connectivity index (χ0n) is 23.1. The number of halogens is 1. The predicted octanol–water partition coefficient (Wildman–Crippen LogP) is 8.50. The Labute approximate surface area is 244 Å². The molecular formula is C34H29ClN6. The molecule has 4 aromatic carbocycles. The Morgan fingerprint density at radius 1 is 0.854 bits per heavy atom. The molecule has 0 aliphatic carbocycles. The first-order valence-electron chi connectivity index (χ1n) is 13.8. The molecule has 0 amide bonds. The summed E-state index contributed by atoms with van der Waals surface area (Å²) in [5, 5.41) is 9.26. The van der Waals surface area contributed by atoms with E-state index in [0.29, 0.717) is 10.9 Å². The van der Waals surface area contributed by atoms with E-state index in [1.807, 2.05) is 60.1 Å². The summed E-state index contributed by atoms with van der Waals surface area (Å²) in [5.74, 6) is 2.19. The lowest BCUT2D eigenvalue weighted by Crippen LogP contribution is -2.46. The van der Waals surface area contributed by atoms with Gasteiger partial charge in [-0.1, -0.05) is 79.2 Å². The van der Waals surface area contributed by atoms with E-state index < -0.39 is 0 Å². The van der Waals surface area contributed by atoms with Gasteiger partial charge in [0.1, 0.15) is 0 Å². The third kappa shape index (κ3) is 4.32. The van der Waals surface area contributed by atoms with Crippen LogP contribution in [0.5, 0.6) is 0 Å². The summed E-state index contributed by atoms with van der Waals surface area (Å²) in [6, 6.07) is 33.1. The van der Waals surface area contributed by atoms with Crippen LogP contribution in [-0.4, -0.2) is 21.5 Å². The fraction of sp³-hybridized carbons (Fsp3) is 0.147. The number of para-hydroxylation sites is 3. The van der Waals surface area contributed by atoms with Crippen molar-refractivity contribution in [2.24, 2.45) is 9.98 Å². The minimum absolute atomic E-state index is 0.157. The van der Waals surface area contributed by atoms with Gasteiger partial charge in [0.2, 0.25) is 0 Å². The van der Waals surface area contributed by atoms with Crippen LogP contribution in [0.25, 0.3) is 5.69 Å². The highest BCUT2D eigenvalue weighted by Gasteiger charge is 2.41. The molecule has 0 bridgehead atoms. The fourth-order valence-corrected chi connectivity index (χ4v) is 5.79. The molecule has 7 rings (SSSR count). The SMILES string of the molecule is CCc1ccc(C2c3c(C)nn(-c4ccccc4)c3N=C3C(Nc4ccc(C)c(Cl)c4)=Nc4ccccc4N32)cc1. The second-order valence-electron chi connectivity index (χ2n) is 10.4. The molecule has 6 nitrogen and oxygen atoms in total. The van der Waals surface area contributed by atoms with Crippen LogP contribution in [0.15, 0.2) is 107 Å². The average molecular weight is 557 g/mol. The van der Waals surface area contributed by atoms with Crippen molar-refractivity contribution in [2.45, 2.75) is 33.2 Å². The molecule has 3 heterocycles. The van der Waals surface area contributed by atoms with Crippen molar-refractivity contribution in [2.75, 3.05) is 10.2 Å². The van der Waals surface area contributed by atoms with Gasteiger partial charge in [0.05, 0.1) is 28.8 Å². The lowest BCUT2D eigenvalue weighted by Gasteiger charge is -2.40. The summed E-state index contributed by atoms with van der Waals surface area (Å²) < 4.78 is 1.95. The zero-order valence-corrected chi connectivity index (χ0v) is 23.9. The van der Waals surface area contributed by atoms with Gasteiger partial charge in [-0.25, -0.2) is 14.7 Å². The Bertz CT molecular complexity index is 1840. The summed E-state index contributed by atoms with van der Waals surface area (Å²) >= 11 is 6.50. The van der Waals surface area contributed by atoms with Crippen LogP contribution in [0.1, 0.15) is 40.9 Å². The molecule has 0 saturated carbocycles. The maximum absolute atomic E-state index is 6.50. The first-order valence-corrected chi connectivity index (χ1v) is 14.2. The van der Waals surface area contributed by atoms with E-state index >= 15 is 0 Å². The second kappa shape index (κ2) is 10.1. The molecular weight excluding hydrogens is 528 g/mol. The van der Waals surface area contributed by atoms with Crippen LogP contribution in [-0.2, 0) is 6.42 Å². The minimum atomic E-state index is -0.157. The zero-order chi connectivity index (χ0) is 28.1. The summed E-state index contributed by atoms with van der Waals surface area (Å²) in [6.07, 6.45) is 0.986. The normalized spacial score (nSPS) is 15.4. The molecule has 5 aromatic rings. The molecule has 1 unspecified atom stereocenters. The van der Waals surface area contributed by atoms with Crippen LogP contribution in [0.3, 0.4) is 0 Å². The van der Waals surface area contributed by atoms with Crippen molar-refractivity contribution in [3.63, 3.8) is 0 Å². The van der Waals surface area contributed by atoms with Crippen LogP contribution in [0, 0.1) is 13.8 Å². The van der Waals surface area contributed by atoms with Crippen molar-refractivity contribution in [1.82, 2.24) is 9.78 Å². The molecule has 0 spiro atoms. The summed E-state index contributed by atoms with van der Waals surface area (Å²) in [4.78, 5) is 12.7. The van der Waals surface area contributed by atoms with E-state index in [1.54, 1.807) is 0 Å². The predicted molar refractivity (Wildman–Crippen MR) is 169 cm³/mol. The van der Waals surface area contributed by atoms with Gasteiger partial charge in [-0.3, -0.25) is 0 Å². The Morgan fingerprint density at radius 3 is 2.37 bits per heavy atom. The molecule has 1 aromatic heterocycles. The highest BCUT2D eigenvalue weighted by molar-refractivity contribution is 6.51. The van der Waals surface area contributed by atoms with Gasteiger partial charge in [-0.05, 0) is 73.4 Å². The third-order valence-electron chi connectivity index (χ3n) is 7.78. The fourth-order valence-electron chi connectivity index (χ4n) is 5.61. The monoisotopic (exact) mass is 556 g/mol. The van der Waals surface area contributed by atoms with Crippen LogP contribution >= 0.6 is 11.6 Å². The van der Waals surface area contributed by atoms with E-state index in [1.165, 1.54) is 11.1 Å². The van der Waals surface area contributed by atoms with E-state index in [-0.39, 0.29) is 6.04 Å². The molecule has 0 saturated heterocycles. The second-order valence-corrected chi connectivity index (χ2v) is 10.8. The van der Waals surface area contributed by atoms with E-state index in [0.717, 1.165) is 57.6 Å². The standard InChI is InChI=1S/C34H29ClN6/c1-4-23-15-17-24(18-16-23)31-30-22(3)39-41(26-10-6-5-7-11-26)33(30)38-34-32(36-25-19-14-21(2)27(35)20-25)37-28-12-8-9-13-29(28)40(31)34/h5-20,31H,4H2,1-3H3,(H,36,37). The van der Waals surface area contributed by atoms with E-state index in [9.17, 15) is 0 Å². The molecule has 202 valence electrons. The van der Waals surface area contributed by atoms with Crippen LogP contribution in [0.2, 0.25) is 5.02 Å². The molecule has 1 N–H and O–H groups in total. The van der Waals surface area contributed by atoms with Gasteiger partial charge in [-0.2, -0.15) is 5.10 Å². The topological polar surface area (TPSA) is 57.8 Å². The van der Waals surface area contributed by atoms with Crippen molar-refractivity contribution in [3.8, 4) is 5.69 Å². The van der Waals surface area contributed by atoms with Crippen LogP contribution in [0.4, 0.5) is 22.9 Å². The largest absolute Gasteiger partial charge is 0.337 e. The molecule has 1 atom stereocenters. The Kier molecular flexibility index (Phi) is 6.20. The Hall–Kier alpha value is -4.68. The molecule has 2 aliphatic rings. The van der Waals surface area contributed by atoms with Gasteiger partial charge in [0, 0.05) is 16.3 Å². The molecule has 7 heteroatoms. The lowest BCUT2D eigenvalue weighted by atomic mass is 9.92. The van der Waals surface area contributed by atoms with Gasteiger partial charge >= 0.3 is 0 Å². The number of hydrogen-bond donors (Lipinski definition) is 1. The number of nitrogens with zero attached hydrogens (tertiary/aromatic N) is 5. The number of fused-ring (bicyclic) bond motifs is 4. The lowest BCUT2D eigenvalue weighted by molar-refractivity contribution is 0.814. The third-order valence-corrected chi connectivity index (χ3v) is 8.18. The Morgan fingerprint density at radius 2 is 1.61 bits per heavy atom. The van der Waals surface area contributed by atoms with Crippen molar-refractivity contribution < 1.29 is 0 Å². The molecule has 0 radical (unpaired) electrons. The molecule has 41 heavy (non-hydrogen) atoms. The number of benzene rings is 4. The number of nitrogens with one attached hydrogen (secondary N) is 1. The quantitative estimate of drug-likeness (QED) is 0.241.